The van der Waals surface area contributed by atoms with Gasteiger partial charge in [-0.25, -0.2) is 4.98 Å². The molecule has 0 saturated heterocycles. The van der Waals surface area contributed by atoms with Crippen LogP contribution < -0.4 is 4.90 Å². The average molecular weight is 300 g/mol. The molecule has 0 saturated carbocycles. The summed E-state index contributed by atoms with van der Waals surface area (Å²) in [6, 6.07) is 12.1. The first-order valence-corrected chi connectivity index (χ1v) is 7.66. The van der Waals surface area contributed by atoms with Gasteiger partial charge in [0.1, 0.15) is 12.5 Å². The van der Waals surface area contributed by atoms with E-state index in [9.17, 15) is 0 Å². The largest absolute Gasteiger partial charge is 0.337 e. The van der Waals surface area contributed by atoms with Crippen molar-refractivity contribution in [2.24, 2.45) is 4.99 Å². The van der Waals surface area contributed by atoms with Crippen molar-refractivity contribution in [2.75, 3.05) is 18.1 Å². The van der Waals surface area contributed by atoms with E-state index in [2.05, 4.69) is 30.9 Å². The first kappa shape index (κ1) is 14.1. The zero-order valence-electron chi connectivity index (χ0n) is 12.3. The van der Waals surface area contributed by atoms with Crippen LogP contribution >= 0.6 is 11.6 Å². The van der Waals surface area contributed by atoms with E-state index >= 15 is 0 Å². The van der Waals surface area contributed by atoms with Crippen LogP contribution in [0.5, 0.6) is 0 Å². The number of rotatable bonds is 3. The highest BCUT2D eigenvalue weighted by molar-refractivity contribution is 6.31. The van der Waals surface area contributed by atoms with Gasteiger partial charge in [-0.1, -0.05) is 30.7 Å². The molecule has 3 rings (SSSR count). The molecule has 4 heteroatoms. The highest BCUT2D eigenvalue weighted by Gasteiger charge is 2.22. The number of fused-ring (bicyclic) bond motifs is 1. The number of aliphatic imine (C=N–C) groups is 1. The van der Waals surface area contributed by atoms with E-state index in [0.717, 1.165) is 46.3 Å². The third-order valence-corrected chi connectivity index (χ3v) is 3.96. The van der Waals surface area contributed by atoms with Crippen molar-refractivity contribution in [1.29, 1.82) is 0 Å². The molecule has 1 aromatic carbocycles. The Morgan fingerprint density at radius 2 is 2.05 bits per heavy atom. The number of nitrogens with zero attached hydrogens (tertiary/aromatic N) is 3. The van der Waals surface area contributed by atoms with E-state index in [1.165, 1.54) is 0 Å². The van der Waals surface area contributed by atoms with Crippen LogP contribution in [0.4, 0.5) is 5.82 Å². The number of benzene rings is 1. The lowest BCUT2D eigenvalue weighted by molar-refractivity contribution is 0.806. The van der Waals surface area contributed by atoms with E-state index in [1.54, 1.807) is 0 Å². The Bertz CT molecular complexity index is 694. The molecule has 1 aliphatic rings. The maximum atomic E-state index is 6.11. The van der Waals surface area contributed by atoms with Crippen molar-refractivity contribution in [3.8, 4) is 0 Å². The minimum atomic E-state index is 0.644. The zero-order valence-corrected chi connectivity index (χ0v) is 13.1. The Balaban J connectivity index is 2.12. The average Bonchev–Trinajstić information content (AvgIpc) is 2.53. The summed E-state index contributed by atoms with van der Waals surface area (Å²) < 4.78 is 0. The number of hydrogen-bond acceptors (Lipinski definition) is 3. The maximum Gasteiger partial charge on any atom is 0.139 e. The standard InChI is InChI=1S/C17H18ClN3/c1-3-14-8-9-15-16(12-6-5-7-13(18)10-12)19-11-21(4-2)17(15)20-14/h5-10H,3-4,11H2,1-2H3. The number of pyridine rings is 1. The van der Waals surface area contributed by atoms with Crippen molar-refractivity contribution >= 4 is 23.1 Å². The maximum absolute atomic E-state index is 6.11. The number of aromatic nitrogens is 1. The minimum absolute atomic E-state index is 0.644. The number of aryl methyl sites for hydroxylation is 1. The third kappa shape index (κ3) is 2.66. The molecule has 0 unspecified atom stereocenters. The van der Waals surface area contributed by atoms with E-state index in [0.29, 0.717) is 6.67 Å². The summed E-state index contributed by atoms with van der Waals surface area (Å²) in [5.41, 5.74) is 4.22. The minimum Gasteiger partial charge on any atom is -0.337 e. The van der Waals surface area contributed by atoms with Crippen molar-refractivity contribution in [3.05, 3.63) is 58.2 Å². The second kappa shape index (κ2) is 5.86. The fraction of sp³-hybridized carbons (Fsp3) is 0.294. The van der Waals surface area contributed by atoms with Gasteiger partial charge in [-0.15, -0.1) is 0 Å². The highest BCUT2D eigenvalue weighted by Crippen LogP contribution is 2.27. The number of halogens is 1. The summed E-state index contributed by atoms with van der Waals surface area (Å²) in [7, 11) is 0. The van der Waals surface area contributed by atoms with Gasteiger partial charge < -0.3 is 4.90 Å². The van der Waals surface area contributed by atoms with Gasteiger partial charge in [0.15, 0.2) is 0 Å². The Hall–Kier alpha value is -1.87. The smallest absolute Gasteiger partial charge is 0.139 e. The van der Waals surface area contributed by atoms with Crippen LogP contribution in [0.1, 0.15) is 30.7 Å². The predicted molar refractivity (Wildman–Crippen MR) is 88.6 cm³/mol. The first-order valence-electron chi connectivity index (χ1n) is 7.28. The molecule has 0 bridgehead atoms. The molecule has 21 heavy (non-hydrogen) atoms. The highest BCUT2D eigenvalue weighted by atomic mass is 35.5. The van der Waals surface area contributed by atoms with Gasteiger partial charge in [-0.05, 0) is 37.6 Å². The van der Waals surface area contributed by atoms with Crippen LogP contribution in [-0.4, -0.2) is 23.9 Å². The molecule has 3 nitrogen and oxygen atoms in total. The summed E-state index contributed by atoms with van der Waals surface area (Å²) in [5, 5.41) is 0.729. The van der Waals surface area contributed by atoms with Gasteiger partial charge in [-0.2, -0.15) is 0 Å². The Kier molecular flexibility index (Phi) is 3.93. The predicted octanol–water partition coefficient (Wildman–Crippen LogP) is 3.93. The second-order valence-electron chi connectivity index (χ2n) is 5.04. The van der Waals surface area contributed by atoms with Crippen LogP contribution in [0.2, 0.25) is 5.02 Å². The molecule has 0 amide bonds. The molecule has 0 N–H and O–H groups in total. The fourth-order valence-corrected chi connectivity index (χ4v) is 2.74. The zero-order chi connectivity index (χ0) is 14.8. The van der Waals surface area contributed by atoms with Crippen LogP contribution in [0, 0.1) is 0 Å². The quantitative estimate of drug-likeness (QED) is 0.859. The molecule has 0 aliphatic carbocycles. The summed E-state index contributed by atoms with van der Waals surface area (Å²) in [6.45, 7) is 5.80. The molecule has 0 radical (unpaired) electrons. The number of anilines is 1. The molecule has 1 aromatic heterocycles. The lowest BCUT2D eigenvalue weighted by Crippen LogP contribution is -2.31. The van der Waals surface area contributed by atoms with Gasteiger partial charge in [0.2, 0.25) is 0 Å². The lowest BCUT2D eigenvalue weighted by Gasteiger charge is -2.28. The molecular formula is C17H18ClN3. The molecule has 108 valence electrons. The van der Waals surface area contributed by atoms with Gasteiger partial charge in [0.25, 0.3) is 0 Å². The van der Waals surface area contributed by atoms with E-state index < -0.39 is 0 Å². The topological polar surface area (TPSA) is 28.5 Å². The van der Waals surface area contributed by atoms with E-state index in [-0.39, 0.29) is 0 Å². The van der Waals surface area contributed by atoms with E-state index in [4.69, 9.17) is 21.6 Å². The molecule has 0 fully saturated rings. The molecule has 2 aromatic rings. The summed E-state index contributed by atoms with van der Waals surface area (Å²) >= 11 is 6.11. The Labute approximate surface area is 130 Å². The van der Waals surface area contributed by atoms with Crippen LogP contribution in [0.3, 0.4) is 0 Å². The van der Waals surface area contributed by atoms with Crippen molar-refractivity contribution in [1.82, 2.24) is 4.98 Å². The van der Waals surface area contributed by atoms with Crippen LogP contribution in [0.15, 0.2) is 41.4 Å². The SMILES string of the molecule is CCc1ccc2c(n1)N(CC)CN=C2c1cccc(Cl)c1. The Morgan fingerprint density at radius 3 is 2.76 bits per heavy atom. The molecule has 0 spiro atoms. The van der Waals surface area contributed by atoms with Gasteiger partial charge in [0.05, 0.1) is 5.71 Å². The van der Waals surface area contributed by atoms with Crippen LogP contribution in [-0.2, 0) is 6.42 Å². The summed E-state index contributed by atoms with van der Waals surface area (Å²) in [4.78, 5) is 11.7. The number of hydrogen-bond donors (Lipinski definition) is 0. The molecule has 1 aliphatic heterocycles. The van der Waals surface area contributed by atoms with Crippen molar-refractivity contribution in [2.45, 2.75) is 20.3 Å². The third-order valence-electron chi connectivity index (χ3n) is 3.73. The van der Waals surface area contributed by atoms with Crippen molar-refractivity contribution < 1.29 is 0 Å². The summed E-state index contributed by atoms with van der Waals surface area (Å²) in [6.07, 6.45) is 0.939. The first-order chi connectivity index (χ1) is 10.2. The van der Waals surface area contributed by atoms with Gasteiger partial charge in [-0.3, -0.25) is 4.99 Å². The summed E-state index contributed by atoms with van der Waals surface area (Å²) in [5.74, 6) is 1.03. The van der Waals surface area contributed by atoms with Crippen molar-refractivity contribution in [3.63, 3.8) is 0 Å². The second-order valence-corrected chi connectivity index (χ2v) is 5.48. The van der Waals surface area contributed by atoms with Gasteiger partial charge in [0, 0.05) is 28.4 Å². The molecular weight excluding hydrogens is 282 g/mol. The van der Waals surface area contributed by atoms with Crippen LogP contribution in [0.25, 0.3) is 0 Å². The van der Waals surface area contributed by atoms with E-state index in [1.807, 2.05) is 24.3 Å². The lowest BCUT2D eigenvalue weighted by atomic mass is 10.0. The monoisotopic (exact) mass is 299 g/mol. The molecule has 0 atom stereocenters. The Morgan fingerprint density at radius 1 is 1.19 bits per heavy atom. The fourth-order valence-electron chi connectivity index (χ4n) is 2.55. The molecule has 2 heterocycles. The normalized spacial score (nSPS) is 13.9. The van der Waals surface area contributed by atoms with Gasteiger partial charge >= 0.3 is 0 Å².